The van der Waals surface area contributed by atoms with Gasteiger partial charge in [-0.1, -0.05) is 36.4 Å². The van der Waals surface area contributed by atoms with E-state index in [-0.39, 0.29) is 0 Å². The highest BCUT2D eigenvalue weighted by molar-refractivity contribution is 7.80. The Labute approximate surface area is 134 Å². The van der Waals surface area contributed by atoms with E-state index in [1.165, 1.54) is 5.39 Å². The van der Waals surface area contributed by atoms with E-state index < -0.39 is 0 Å². The van der Waals surface area contributed by atoms with Gasteiger partial charge in [0.2, 0.25) is 0 Å². The van der Waals surface area contributed by atoms with Crippen molar-refractivity contribution in [1.82, 2.24) is 0 Å². The molecule has 3 aromatic carbocycles. The molecular weight excluding hydrogens is 292 g/mol. The van der Waals surface area contributed by atoms with E-state index in [1.807, 2.05) is 48.5 Å². The number of thiocarbonyl (C=S) groups is 1. The second-order valence-corrected chi connectivity index (χ2v) is 5.24. The summed E-state index contributed by atoms with van der Waals surface area (Å²) in [7, 11) is 1.65. The van der Waals surface area contributed by atoms with Crippen molar-refractivity contribution < 1.29 is 4.74 Å². The molecule has 22 heavy (non-hydrogen) atoms. The number of methoxy groups -OCH3 is 1. The van der Waals surface area contributed by atoms with Crippen LogP contribution < -0.4 is 15.4 Å². The molecule has 0 saturated carbocycles. The Bertz CT molecular complexity index is 794. The van der Waals surface area contributed by atoms with Crippen molar-refractivity contribution in [3.63, 3.8) is 0 Å². The second-order valence-electron chi connectivity index (χ2n) is 4.83. The highest BCUT2D eigenvalue weighted by atomic mass is 32.1. The zero-order valence-corrected chi connectivity index (χ0v) is 13.0. The molecule has 0 aromatic heterocycles. The van der Waals surface area contributed by atoms with Crippen LogP contribution >= 0.6 is 12.2 Å². The lowest BCUT2D eigenvalue weighted by atomic mass is 10.1. The molecule has 3 aromatic rings. The first-order valence-electron chi connectivity index (χ1n) is 6.96. The quantitative estimate of drug-likeness (QED) is 0.690. The molecule has 0 amide bonds. The van der Waals surface area contributed by atoms with Gasteiger partial charge in [-0.25, -0.2) is 0 Å². The fraction of sp³-hybridized carbons (Fsp3) is 0.0556. The lowest BCUT2D eigenvalue weighted by molar-refractivity contribution is 0.415. The number of hydrogen-bond donors (Lipinski definition) is 2. The number of nitrogens with one attached hydrogen (secondary N) is 2. The summed E-state index contributed by atoms with van der Waals surface area (Å²) >= 11 is 5.39. The highest BCUT2D eigenvalue weighted by Gasteiger charge is 2.03. The normalized spacial score (nSPS) is 10.2. The van der Waals surface area contributed by atoms with E-state index in [9.17, 15) is 0 Å². The summed E-state index contributed by atoms with van der Waals surface area (Å²) < 4.78 is 5.14. The van der Waals surface area contributed by atoms with Crippen molar-refractivity contribution in [2.75, 3.05) is 17.7 Å². The smallest absolute Gasteiger partial charge is 0.175 e. The zero-order valence-electron chi connectivity index (χ0n) is 12.2. The lowest BCUT2D eigenvalue weighted by Crippen LogP contribution is -2.19. The zero-order chi connectivity index (χ0) is 15.4. The van der Waals surface area contributed by atoms with Gasteiger partial charge in [-0.15, -0.1) is 0 Å². The monoisotopic (exact) mass is 308 g/mol. The van der Waals surface area contributed by atoms with Crippen LogP contribution in [0.3, 0.4) is 0 Å². The fourth-order valence-corrected chi connectivity index (χ4v) is 2.52. The molecule has 0 unspecified atom stereocenters. The van der Waals surface area contributed by atoms with Crippen molar-refractivity contribution >= 4 is 39.5 Å². The van der Waals surface area contributed by atoms with E-state index in [0.29, 0.717) is 5.11 Å². The Morgan fingerprint density at radius 1 is 0.864 bits per heavy atom. The first kappa shape index (κ1) is 14.4. The standard InChI is InChI=1S/C18H16N2OS/c1-21-15-11-9-14(10-12-15)19-18(22)20-17-8-4-6-13-5-2-3-7-16(13)17/h2-12H,1H3,(H2,19,20,22). The number of benzene rings is 3. The van der Waals surface area contributed by atoms with Crippen molar-refractivity contribution in [2.45, 2.75) is 0 Å². The molecule has 0 spiro atoms. The molecule has 0 aliphatic carbocycles. The Balaban J connectivity index is 1.75. The average molecular weight is 308 g/mol. The van der Waals surface area contributed by atoms with Crippen molar-refractivity contribution in [2.24, 2.45) is 0 Å². The minimum Gasteiger partial charge on any atom is -0.497 e. The molecule has 0 aliphatic rings. The number of fused-ring (bicyclic) bond motifs is 1. The lowest BCUT2D eigenvalue weighted by Gasteiger charge is -2.13. The Kier molecular flexibility index (Phi) is 4.21. The topological polar surface area (TPSA) is 33.3 Å². The minimum atomic E-state index is 0.557. The molecule has 3 nitrogen and oxygen atoms in total. The van der Waals surface area contributed by atoms with Gasteiger partial charge in [-0.05, 0) is 47.9 Å². The molecule has 0 saturated heterocycles. The van der Waals surface area contributed by atoms with Crippen LogP contribution in [0, 0.1) is 0 Å². The van der Waals surface area contributed by atoms with Crippen LogP contribution in [0.2, 0.25) is 0 Å². The van der Waals surface area contributed by atoms with E-state index in [2.05, 4.69) is 28.8 Å². The molecule has 0 radical (unpaired) electrons. The largest absolute Gasteiger partial charge is 0.497 e. The molecular formula is C18H16N2OS. The van der Waals surface area contributed by atoms with Crippen LogP contribution in [0.1, 0.15) is 0 Å². The maximum Gasteiger partial charge on any atom is 0.175 e. The van der Waals surface area contributed by atoms with Gasteiger partial charge in [-0.2, -0.15) is 0 Å². The van der Waals surface area contributed by atoms with Gasteiger partial charge in [-0.3, -0.25) is 0 Å². The molecule has 4 heteroatoms. The minimum absolute atomic E-state index is 0.557. The van der Waals surface area contributed by atoms with Crippen LogP contribution in [-0.4, -0.2) is 12.2 Å². The molecule has 0 heterocycles. The van der Waals surface area contributed by atoms with Gasteiger partial charge >= 0.3 is 0 Å². The SMILES string of the molecule is COc1ccc(NC(=S)Nc2cccc3ccccc23)cc1. The molecule has 0 bridgehead atoms. The number of anilines is 2. The third-order valence-electron chi connectivity index (χ3n) is 3.39. The summed E-state index contributed by atoms with van der Waals surface area (Å²) in [4.78, 5) is 0. The highest BCUT2D eigenvalue weighted by Crippen LogP contribution is 2.23. The van der Waals surface area contributed by atoms with E-state index >= 15 is 0 Å². The first-order chi connectivity index (χ1) is 10.8. The van der Waals surface area contributed by atoms with Gasteiger partial charge in [0.15, 0.2) is 5.11 Å². The van der Waals surface area contributed by atoms with E-state index in [1.54, 1.807) is 7.11 Å². The average Bonchev–Trinajstić information content (AvgIpc) is 2.56. The summed E-state index contributed by atoms with van der Waals surface area (Å²) in [5.74, 6) is 0.818. The molecule has 0 aliphatic heterocycles. The second kappa shape index (κ2) is 6.45. The first-order valence-corrected chi connectivity index (χ1v) is 7.37. The van der Waals surface area contributed by atoms with Crippen LogP contribution in [0.15, 0.2) is 66.7 Å². The van der Waals surface area contributed by atoms with Crippen LogP contribution in [0.4, 0.5) is 11.4 Å². The molecule has 0 atom stereocenters. The summed E-state index contributed by atoms with van der Waals surface area (Å²) in [6.45, 7) is 0. The Hall–Kier alpha value is -2.59. The Morgan fingerprint density at radius 2 is 1.59 bits per heavy atom. The predicted octanol–water partition coefficient (Wildman–Crippen LogP) is 4.66. The van der Waals surface area contributed by atoms with Crippen molar-refractivity contribution in [1.29, 1.82) is 0 Å². The maximum absolute atomic E-state index is 5.39. The summed E-state index contributed by atoms with van der Waals surface area (Å²) in [6.07, 6.45) is 0. The Morgan fingerprint density at radius 3 is 2.36 bits per heavy atom. The fourth-order valence-electron chi connectivity index (χ4n) is 2.29. The number of hydrogen-bond acceptors (Lipinski definition) is 2. The van der Waals surface area contributed by atoms with E-state index in [0.717, 1.165) is 22.5 Å². The van der Waals surface area contributed by atoms with Crippen molar-refractivity contribution in [3.05, 3.63) is 66.7 Å². The van der Waals surface area contributed by atoms with Gasteiger partial charge in [0.05, 0.1) is 7.11 Å². The molecule has 3 rings (SSSR count). The van der Waals surface area contributed by atoms with Crippen molar-refractivity contribution in [3.8, 4) is 5.75 Å². The van der Waals surface area contributed by atoms with Crippen LogP contribution in [0.5, 0.6) is 5.75 Å². The number of ether oxygens (including phenoxy) is 1. The molecule has 110 valence electrons. The third-order valence-corrected chi connectivity index (χ3v) is 3.59. The van der Waals surface area contributed by atoms with Crippen LogP contribution in [0.25, 0.3) is 10.8 Å². The van der Waals surface area contributed by atoms with E-state index in [4.69, 9.17) is 17.0 Å². The van der Waals surface area contributed by atoms with Gasteiger partial charge in [0.25, 0.3) is 0 Å². The maximum atomic E-state index is 5.39. The summed E-state index contributed by atoms with van der Waals surface area (Å²) in [5.41, 5.74) is 1.91. The third kappa shape index (κ3) is 3.18. The van der Waals surface area contributed by atoms with Gasteiger partial charge < -0.3 is 15.4 Å². The summed E-state index contributed by atoms with van der Waals surface area (Å²) in [6, 6.07) is 22.0. The summed E-state index contributed by atoms with van der Waals surface area (Å²) in [5, 5.41) is 9.30. The van der Waals surface area contributed by atoms with Gasteiger partial charge in [0, 0.05) is 16.8 Å². The van der Waals surface area contributed by atoms with Crippen LogP contribution in [-0.2, 0) is 0 Å². The molecule has 0 fully saturated rings. The number of rotatable bonds is 3. The molecule has 2 N–H and O–H groups in total. The van der Waals surface area contributed by atoms with Gasteiger partial charge in [0.1, 0.15) is 5.75 Å². The predicted molar refractivity (Wildman–Crippen MR) is 96.8 cm³/mol.